The molecule has 0 radical (unpaired) electrons. The molecule has 2 N–H and O–H groups in total. The lowest BCUT2D eigenvalue weighted by Crippen LogP contribution is -2.27. The summed E-state index contributed by atoms with van der Waals surface area (Å²) in [6, 6.07) is 20.9. The first kappa shape index (κ1) is 19.3. The van der Waals surface area contributed by atoms with E-state index in [2.05, 4.69) is 10.6 Å². The summed E-state index contributed by atoms with van der Waals surface area (Å²) in [4.78, 5) is 25.0. The molecule has 0 saturated heterocycles. The topological polar surface area (TPSA) is 58.2 Å². The Hall–Kier alpha value is -3.47. The van der Waals surface area contributed by atoms with Crippen LogP contribution in [-0.4, -0.2) is 18.4 Å². The van der Waals surface area contributed by atoms with Crippen LogP contribution in [0.25, 0.3) is 0 Å². The minimum absolute atomic E-state index is 0.197. The molecular formula is C23H21FN2O2. The van der Waals surface area contributed by atoms with Gasteiger partial charge in [-0.05, 0) is 48.7 Å². The maximum absolute atomic E-state index is 13.7. The van der Waals surface area contributed by atoms with Gasteiger partial charge in [0.1, 0.15) is 5.82 Å². The third-order valence-corrected chi connectivity index (χ3v) is 4.40. The fourth-order valence-electron chi connectivity index (χ4n) is 2.78. The van der Waals surface area contributed by atoms with Crippen LogP contribution in [0.4, 0.5) is 10.1 Å². The summed E-state index contributed by atoms with van der Waals surface area (Å²) in [5.41, 5.74) is 2.53. The van der Waals surface area contributed by atoms with Crippen LogP contribution in [0.3, 0.4) is 0 Å². The van der Waals surface area contributed by atoms with Crippen molar-refractivity contribution in [3.63, 3.8) is 0 Å². The average molecular weight is 376 g/mol. The Kier molecular flexibility index (Phi) is 6.17. The Morgan fingerprint density at radius 3 is 2.36 bits per heavy atom. The summed E-state index contributed by atoms with van der Waals surface area (Å²) in [5, 5.41) is 5.56. The maximum Gasteiger partial charge on any atom is 0.255 e. The third kappa shape index (κ3) is 4.82. The van der Waals surface area contributed by atoms with E-state index in [4.69, 9.17) is 0 Å². The Bertz CT molecular complexity index is 987. The van der Waals surface area contributed by atoms with Crippen LogP contribution in [0, 0.1) is 12.7 Å². The normalized spacial score (nSPS) is 10.4. The first-order valence-corrected chi connectivity index (χ1v) is 9.03. The van der Waals surface area contributed by atoms with Gasteiger partial charge in [-0.25, -0.2) is 4.39 Å². The van der Waals surface area contributed by atoms with Crippen molar-refractivity contribution in [1.29, 1.82) is 0 Å². The zero-order valence-electron chi connectivity index (χ0n) is 15.5. The lowest BCUT2D eigenvalue weighted by atomic mass is 10.1. The number of aryl methyl sites for hydroxylation is 1. The van der Waals surface area contributed by atoms with Gasteiger partial charge in [0.15, 0.2) is 0 Å². The van der Waals surface area contributed by atoms with Crippen molar-refractivity contribution in [2.45, 2.75) is 13.3 Å². The molecule has 0 heterocycles. The summed E-state index contributed by atoms with van der Waals surface area (Å²) in [7, 11) is 0. The van der Waals surface area contributed by atoms with E-state index >= 15 is 0 Å². The molecule has 0 aliphatic heterocycles. The number of hydrogen-bond donors (Lipinski definition) is 2. The molecule has 4 nitrogen and oxygen atoms in total. The van der Waals surface area contributed by atoms with Crippen LogP contribution in [0.2, 0.25) is 0 Å². The number of nitrogens with one attached hydrogen (secondary N) is 2. The molecule has 5 heteroatoms. The molecule has 2 amide bonds. The highest BCUT2D eigenvalue weighted by atomic mass is 19.1. The summed E-state index contributed by atoms with van der Waals surface area (Å²) in [5.74, 6) is -1.19. The number of amides is 2. The van der Waals surface area contributed by atoms with Crippen molar-refractivity contribution in [2.24, 2.45) is 0 Å². The molecule has 3 aromatic rings. The van der Waals surface area contributed by atoms with Crippen molar-refractivity contribution in [1.82, 2.24) is 5.32 Å². The minimum atomic E-state index is -0.469. The molecule has 3 rings (SSSR count). The highest BCUT2D eigenvalue weighted by molar-refractivity contribution is 6.09. The summed E-state index contributed by atoms with van der Waals surface area (Å²) < 4.78 is 13.7. The second-order valence-electron chi connectivity index (χ2n) is 6.46. The van der Waals surface area contributed by atoms with Crippen molar-refractivity contribution in [3.05, 3.63) is 101 Å². The van der Waals surface area contributed by atoms with E-state index in [1.165, 1.54) is 6.07 Å². The number of benzene rings is 3. The van der Waals surface area contributed by atoms with Crippen molar-refractivity contribution in [3.8, 4) is 0 Å². The molecule has 0 saturated carbocycles. The lowest BCUT2D eigenvalue weighted by Gasteiger charge is -2.12. The number of carbonyl (C=O) groups is 2. The molecule has 142 valence electrons. The molecule has 0 bridgehead atoms. The molecule has 0 aliphatic carbocycles. The van der Waals surface area contributed by atoms with Crippen LogP contribution in [0.1, 0.15) is 31.8 Å². The quantitative estimate of drug-likeness (QED) is 0.672. The van der Waals surface area contributed by atoms with Crippen LogP contribution >= 0.6 is 0 Å². The smallest absolute Gasteiger partial charge is 0.255 e. The fraction of sp³-hybridized carbons (Fsp3) is 0.130. The highest BCUT2D eigenvalue weighted by Gasteiger charge is 2.14. The van der Waals surface area contributed by atoms with E-state index in [1.54, 1.807) is 43.3 Å². The van der Waals surface area contributed by atoms with E-state index in [9.17, 15) is 14.0 Å². The molecule has 0 aromatic heterocycles. The van der Waals surface area contributed by atoms with Gasteiger partial charge >= 0.3 is 0 Å². The Labute approximate surface area is 163 Å². The number of rotatable bonds is 6. The van der Waals surface area contributed by atoms with Crippen LogP contribution in [-0.2, 0) is 6.42 Å². The highest BCUT2D eigenvalue weighted by Crippen LogP contribution is 2.17. The first-order chi connectivity index (χ1) is 13.5. The van der Waals surface area contributed by atoms with Gasteiger partial charge in [0.05, 0.1) is 11.3 Å². The summed E-state index contributed by atoms with van der Waals surface area (Å²) in [6.45, 7) is 2.11. The second kappa shape index (κ2) is 8.95. The summed E-state index contributed by atoms with van der Waals surface area (Å²) >= 11 is 0. The molecule has 0 unspecified atom stereocenters. The van der Waals surface area contributed by atoms with Gasteiger partial charge in [-0.2, -0.15) is 0 Å². The largest absolute Gasteiger partial charge is 0.352 e. The number of halogens is 1. The molecule has 28 heavy (non-hydrogen) atoms. The Morgan fingerprint density at radius 2 is 1.61 bits per heavy atom. The average Bonchev–Trinajstić information content (AvgIpc) is 2.71. The lowest BCUT2D eigenvalue weighted by molar-refractivity contribution is 0.0955. The number of carbonyl (C=O) groups excluding carboxylic acids is 2. The minimum Gasteiger partial charge on any atom is -0.352 e. The number of anilines is 1. The van der Waals surface area contributed by atoms with Gasteiger partial charge in [-0.1, -0.05) is 48.5 Å². The third-order valence-electron chi connectivity index (χ3n) is 4.40. The van der Waals surface area contributed by atoms with E-state index in [0.29, 0.717) is 29.8 Å². The molecule has 0 atom stereocenters. The molecular weight excluding hydrogens is 355 g/mol. The molecule has 3 aromatic carbocycles. The molecule has 0 fully saturated rings. The van der Waals surface area contributed by atoms with E-state index < -0.39 is 11.7 Å². The predicted octanol–water partition coefficient (Wildman–Crippen LogP) is 4.36. The van der Waals surface area contributed by atoms with Crippen molar-refractivity contribution < 1.29 is 14.0 Å². The summed E-state index contributed by atoms with van der Waals surface area (Å²) in [6.07, 6.45) is 0.712. The van der Waals surface area contributed by atoms with Gasteiger partial charge < -0.3 is 10.6 Å². The van der Waals surface area contributed by atoms with Gasteiger partial charge in [0.25, 0.3) is 11.8 Å². The van der Waals surface area contributed by atoms with Crippen molar-refractivity contribution in [2.75, 3.05) is 11.9 Å². The van der Waals surface area contributed by atoms with Crippen molar-refractivity contribution >= 4 is 17.5 Å². The maximum atomic E-state index is 13.7. The van der Waals surface area contributed by atoms with Crippen LogP contribution < -0.4 is 10.6 Å². The van der Waals surface area contributed by atoms with Gasteiger partial charge in [-0.15, -0.1) is 0 Å². The predicted molar refractivity (Wildman–Crippen MR) is 108 cm³/mol. The molecule has 0 aliphatic rings. The zero-order chi connectivity index (χ0) is 19.9. The first-order valence-electron chi connectivity index (χ1n) is 9.03. The van der Waals surface area contributed by atoms with E-state index in [0.717, 1.165) is 5.56 Å². The fourth-order valence-corrected chi connectivity index (χ4v) is 2.78. The van der Waals surface area contributed by atoms with Crippen LogP contribution in [0.5, 0.6) is 0 Å². The van der Waals surface area contributed by atoms with Gasteiger partial charge in [0, 0.05) is 12.1 Å². The molecule has 0 spiro atoms. The van der Waals surface area contributed by atoms with E-state index in [1.807, 2.05) is 30.3 Å². The monoisotopic (exact) mass is 376 g/mol. The number of hydrogen-bond acceptors (Lipinski definition) is 2. The SMILES string of the molecule is Cc1ccc(C(=O)Nc2ccccc2C(=O)NCCc2ccccc2)cc1F. The number of para-hydroxylation sites is 1. The van der Waals surface area contributed by atoms with Gasteiger partial charge in [0.2, 0.25) is 0 Å². The Morgan fingerprint density at radius 1 is 0.893 bits per heavy atom. The van der Waals surface area contributed by atoms with Gasteiger partial charge in [-0.3, -0.25) is 9.59 Å². The standard InChI is InChI=1S/C23H21FN2O2/c1-16-11-12-18(15-20(16)24)22(27)26-21-10-6-5-9-19(21)23(28)25-14-13-17-7-3-2-4-8-17/h2-12,15H,13-14H2,1H3,(H,25,28)(H,26,27). The Balaban J connectivity index is 1.67. The zero-order valence-corrected chi connectivity index (χ0v) is 15.5. The van der Waals surface area contributed by atoms with Crippen LogP contribution in [0.15, 0.2) is 72.8 Å². The van der Waals surface area contributed by atoms with E-state index in [-0.39, 0.29) is 11.5 Å². The second-order valence-corrected chi connectivity index (χ2v) is 6.46.